The minimum absolute atomic E-state index is 0.214. The van der Waals surface area contributed by atoms with E-state index in [1.54, 1.807) is 24.5 Å². The molecule has 0 saturated carbocycles. The van der Waals surface area contributed by atoms with Crippen LogP contribution >= 0.6 is 11.3 Å². The number of amides is 1. The van der Waals surface area contributed by atoms with Gasteiger partial charge in [0.1, 0.15) is 5.92 Å². The molecule has 41 heavy (non-hydrogen) atoms. The number of thiazole rings is 1. The molecule has 0 radical (unpaired) electrons. The summed E-state index contributed by atoms with van der Waals surface area (Å²) in [6.07, 6.45) is 3.02. The Bertz CT molecular complexity index is 1720. The third kappa shape index (κ3) is 5.34. The van der Waals surface area contributed by atoms with Crippen molar-refractivity contribution in [1.82, 2.24) is 4.57 Å². The Morgan fingerprint density at radius 2 is 1.78 bits per heavy atom. The number of anilines is 1. The number of hydrogen-bond donors (Lipinski definition) is 0. The van der Waals surface area contributed by atoms with Gasteiger partial charge in [-0.3, -0.25) is 14.2 Å². The van der Waals surface area contributed by atoms with Gasteiger partial charge in [-0.05, 0) is 55.5 Å². The van der Waals surface area contributed by atoms with Crippen molar-refractivity contribution in [2.45, 2.75) is 59.4 Å². The number of hydrogen-bond acceptors (Lipinski definition) is 7. The van der Waals surface area contributed by atoms with Gasteiger partial charge >= 0.3 is 5.97 Å². The smallest absolute Gasteiger partial charge is 0.338 e. The maximum atomic E-state index is 14.1. The molecule has 212 valence electrons. The fourth-order valence-electron chi connectivity index (χ4n) is 5.19. The normalized spacial score (nSPS) is 19.0. The van der Waals surface area contributed by atoms with Gasteiger partial charge in [0.05, 0.1) is 39.9 Å². The number of aromatic nitrogens is 1. The van der Waals surface area contributed by atoms with Crippen LogP contribution in [0.25, 0.3) is 6.08 Å². The van der Waals surface area contributed by atoms with Crippen LogP contribution in [0, 0.1) is 5.92 Å². The van der Waals surface area contributed by atoms with E-state index >= 15 is 0 Å². The number of ether oxygens (including phenoxy) is 1. The van der Waals surface area contributed by atoms with Crippen molar-refractivity contribution in [3.8, 4) is 0 Å². The number of rotatable bonds is 8. The summed E-state index contributed by atoms with van der Waals surface area (Å²) in [7, 11) is 0. The van der Waals surface area contributed by atoms with Crippen LogP contribution in [0.3, 0.4) is 0 Å². The molecule has 1 amide bonds. The predicted molar refractivity (Wildman–Crippen MR) is 162 cm³/mol. The number of carbonyl (C=O) groups is 2. The molecular formula is C32H34N4O4S. The zero-order valence-corrected chi connectivity index (χ0v) is 24.8. The summed E-state index contributed by atoms with van der Waals surface area (Å²) in [4.78, 5) is 46.1. The Kier molecular flexibility index (Phi) is 8.17. The third-order valence-electron chi connectivity index (χ3n) is 7.31. The molecule has 0 fully saturated rings. The van der Waals surface area contributed by atoms with E-state index in [1.807, 2.05) is 61.5 Å². The van der Waals surface area contributed by atoms with Gasteiger partial charge in [0, 0.05) is 0 Å². The molecule has 3 heterocycles. The van der Waals surface area contributed by atoms with E-state index in [4.69, 9.17) is 9.73 Å². The number of hydrazone groups is 1. The Morgan fingerprint density at radius 3 is 2.41 bits per heavy atom. The summed E-state index contributed by atoms with van der Waals surface area (Å²) in [5.74, 6) is -1.04. The first-order valence-electron chi connectivity index (χ1n) is 14.0. The maximum absolute atomic E-state index is 14.1. The third-order valence-corrected chi connectivity index (χ3v) is 8.31. The Balaban J connectivity index is 1.66. The number of allylic oxidation sites excluding steroid dienone is 1. The zero-order valence-electron chi connectivity index (χ0n) is 24.0. The highest BCUT2D eigenvalue weighted by Crippen LogP contribution is 2.33. The molecule has 1 aromatic heterocycles. The van der Waals surface area contributed by atoms with E-state index in [9.17, 15) is 14.4 Å². The lowest BCUT2D eigenvalue weighted by molar-refractivity contribution is -0.139. The van der Waals surface area contributed by atoms with Crippen LogP contribution in [0.4, 0.5) is 5.69 Å². The fraction of sp³-hybridized carbons (Fsp3) is 0.344. The average molecular weight is 571 g/mol. The lowest BCUT2D eigenvalue weighted by Gasteiger charge is -2.26. The van der Waals surface area contributed by atoms with E-state index in [2.05, 4.69) is 18.9 Å². The minimum Gasteiger partial charge on any atom is -0.463 e. The second-order valence-electron chi connectivity index (χ2n) is 10.5. The number of nitrogens with zero attached hydrogens (tertiary/aromatic N) is 4. The Morgan fingerprint density at radius 1 is 1.07 bits per heavy atom. The van der Waals surface area contributed by atoms with E-state index in [-0.39, 0.29) is 18.1 Å². The SMILES string of the molecule is CCCC1=C(C(=O)OCC)[C@@H](c2ccc(C(C)C)cc2)n2c(s/c(=C/[C@@H]3C(=O)N(c4ccccc4)N=C3C)c2=O)=N1. The summed E-state index contributed by atoms with van der Waals surface area (Å²) in [5, 5.41) is 5.86. The molecule has 3 aromatic rings. The monoisotopic (exact) mass is 570 g/mol. The maximum Gasteiger partial charge on any atom is 0.338 e. The highest BCUT2D eigenvalue weighted by Gasteiger charge is 2.36. The molecular weight excluding hydrogens is 536 g/mol. The van der Waals surface area contributed by atoms with Gasteiger partial charge in [-0.25, -0.2) is 9.79 Å². The molecule has 2 atom stereocenters. The van der Waals surface area contributed by atoms with Crippen molar-refractivity contribution >= 4 is 40.7 Å². The molecule has 8 nitrogen and oxygen atoms in total. The lowest BCUT2D eigenvalue weighted by atomic mass is 9.92. The van der Waals surface area contributed by atoms with E-state index in [1.165, 1.54) is 16.3 Å². The second-order valence-corrected chi connectivity index (χ2v) is 11.5. The first-order chi connectivity index (χ1) is 19.7. The van der Waals surface area contributed by atoms with Crippen LogP contribution in [0.15, 0.2) is 80.8 Å². The number of carbonyl (C=O) groups excluding carboxylic acids is 2. The zero-order chi connectivity index (χ0) is 29.3. The van der Waals surface area contributed by atoms with Gasteiger partial charge in [-0.15, -0.1) is 0 Å². The van der Waals surface area contributed by atoms with Gasteiger partial charge in [-0.1, -0.05) is 81.0 Å². The van der Waals surface area contributed by atoms with Gasteiger partial charge in [-0.2, -0.15) is 10.1 Å². The molecule has 2 aliphatic rings. The molecule has 2 aromatic carbocycles. The highest BCUT2D eigenvalue weighted by atomic mass is 32.1. The van der Waals surface area contributed by atoms with Gasteiger partial charge < -0.3 is 4.74 Å². The molecule has 0 aliphatic carbocycles. The Labute approximate surface area is 243 Å². The van der Waals surface area contributed by atoms with Crippen LogP contribution in [-0.2, 0) is 14.3 Å². The molecule has 0 bridgehead atoms. The molecule has 0 spiro atoms. The van der Waals surface area contributed by atoms with Gasteiger partial charge in [0.15, 0.2) is 4.80 Å². The van der Waals surface area contributed by atoms with Gasteiger partial charge in [0.25, 0.3) is 11.5 Å². The van der Waals surface area contributed by atoms with Crippen LogP contribution in [0.1, 0.15) is 70.5 Å². The van der Waals surface area contributed by atoms with E-state index < -0.39 is 17.9 Å². The van der Waals surface area contributed by atoms with Crippen molar-refractivity contribution in [1.29, 1.82) is 0 Å². The molecule has 0 N–H and O–H groups in total. The highest BCUT2D eigenvalue weighted by molar-refractivity contribution is 7.07. The fourth-order valence-corrected chi connectivity index (χ4v) is 6.22. The van der Waals surface area contributed by atoms with Crippen molar-refractivity contribution in [3.05, 3.63) is 96.7 Å². The summed E-state index contributed by atoms with van der Waals surface area (Å²) in [6, 6.07) is 16.5. The summed E-state index contributed by atoms with van der Waals surface area (Å²) < 4.78 is 7.44. The van der Waals surface area contributed by atoms with Gasteiger partial charge in [0.2, 0.25) is 0 Å². The summed E-state index contributed by atoms with van der Waals surface area (Å²) >= 11 is 1.23. The van der Waals surface area contributed by atoms with Crippen LogP contribution in [-0.4, -0.2) is 28.8 Å². The molecule has 2 aliphatic heterocycles. The second kappa shape index (κ2) is 11.8. The first-order valence-corrected chi connectivity index (χ1v) is 14.8. The number of esters is 1. The van der Waals surface area contributed by atoms with E-state index in [0.29, 0.717) is 44.3 Å². The summed E-state index contributed by atoms with van der Waals surface area (Å²) in [5.41, 5.74) is 3.94. The first kappa shape index (κ1) is 28.4. The molecule has 0 saturated heterocycles. The van der Waals surface area contributed by atoms with Crippen molar-refractivity contribution in [2.24, 2.45) is 16.0 Å². The topological polar surface area (TPSA) is 93.3 Å². The van der Waals surface area contributed by atoms with Crippen molar-refractivity contribution < 1.29 is 14.3 Å². The number of fused-ring (bicyclic) bond motifs is 1. The van der Waals surface area contributed by atoms with Crippen LogP contribution in [0.2, 0.25) is 0 Å². The van der Waals surface area contributed by atoms with E-state index in [0.717, 1.165) is 17.5 Å². The Hall–Kier alpha value is -4.11. The van der Waals surface area contributed by atoms with Crippen molar-refractivity contribution in [3.63, 3.8) is 0 Å². The molecule has 0 unspecified atom stereocenters. The summed E-state index contributed by atoms with van der Waals surface area (Å²) in [6.45, 7) is 10.0. The molecule has 5 rings (SSSR count). The van der Waals surface area contributed by atoms with Crippen molar-refractivity contribution in [2.75, 3.05) is 11.6 Å². The quantitative estimate of drug-likeness (QED) is 0.367. The number of para-hydroxylation sites is 1. The average Bonchev–Trinajstić information content (AvgIpc) is 3.43. The lowest BCUT2D eigenvalue weighted by Crippen LogP contribution is -2.40. The largest absolute Gasteiger partial charge is 0.463 e. The minimum atomic E-state index is -0.690. The van der Waals surface area contributed by atoms with Crippen LogP contribution in [0.5, 0.6) is 0 Å². The number of benzene rings is 2. The van der Waals surface area contributed by atoms with Crippen LogP contribution < -0.4 is 19.9 Å². The predicted octanol–water partition coefficient (Wildman–Crippen LogP) is 4.69. The molecule has 9 heteroatoms. The standard InChI is InChI=1S/C32H34N4O4S/c1-6-11-25-27(31(39)40-7-2)28(22-16-14-21(15-17-22)19(3)4)35-30(38)26(41-32(35)33-25)18-24-20(5)34-36(29(24)37)23-12-9-8-10-13-23/h8-10,12-19,24,28H,6-7,11H2,1-5H3/b26-18+/t24-,28+/m0/s1.